The highest BCUT2D eigenvalue weighted by atomic mass is 16.5. The number of esters is 1. The number of pyridine rings is 1. The molecule has 0 spiro atoms. The van der Waals surface area contributed by atoms with E-state index in [-0.39, 0.29) is 5.75 Å². The Labute approximate surface area is 161 Å². The van der Waals surface area contributed by atoms with Crippen molar-refractivity contribution in [3.8, 4) is 5.75 Å². The molecule has 2 aromatic carbocycles. The van der Waals surface area contributed by atoms with Gasteiger partial charge in [0, 0.05) is 22.8 Å². The Bertz CT molecular complexity index is 1120. The summed E-state index contributed by atoms with van der Waals surface area (Å²) in [6, 6.07) is 17.5. The molecule has 0 aliphatic heterocycles. The fraction of sp³-hybridized carbons (Fsp3) is 0.0909. The summed E-state index contributed by atoms with van der Waals surface area (Å²) in [4.78, 5) is 16.1. The number of nitrogens with one attached hydrogen (secondary N) is 1. The van der Waals surface area contributed by atoms with Gasteiger partial charge in [-0.3, -0.25) is 4.98 Å². The number of phenols is 1. The number of hydrogen-bond donors (Lipinski definition) is 2. The zero-order chi connectivity index (χ0) is 19.5. The van der Waals surface area contributed by atoms with Crippen molar-refractivity contribution in [1.82, 2.24) is 4.98 Å². The van der Waals surface area contributed by atoms with E-state index in [0.29, 0.717) is 28.1 Å². The number of nitrogens with zero attached hydrogens (tertiary/aromatic N) is 1. The molecule has 2 heterocycles. The van der Waals surface area contributed by atoms with Gasteiger partial charge < -0.3 is 19.6 Å². The second-order valence-corrected chi connectivity index (χ2v) is 6.24. The van der Waals surface area contributed by atoms with Crippen LogP contribution in [0.2, 0.25) is 0 Å². The Morgan fingerprint density at radius 3 is 2.82 bits per heavy atom. The number of ether oxygens (including phenoxy) is 1. The number of benzene rings is 2. The molecule has 28 heavy (non-hydrogen) atoms. The average Bonchev–Trinajstić information content (AvgIpc) is 3.27. The normalized spacial score (nSPS) is 11.9. The van der Waals surface area contributed by atoms with E-state index < -0.39 is 12.0 Å². The van der Waals surface area contributed by atoms with E-state index in [0.717, 1.165) is 5.39 Å². The maximum absolute atomic E-state index is 11.8. The Morgan fingerprint density at radius 1 is 1.14 bits per heavy atom. The predicted molar refractivity (Wildman–Crippen MR) is 105 cm³/mol. The maximum atomic E-state index is 11.8. The highest BCUT2D eigenvalue weighted by Crippen LogP contribution is 2.36. The molecule has 0 bridgehead atoms. The number of furan rings is 1. The molecular weight excluding hydrogens is 356 g/mol. The zero-order valence-corrected chi connectivity index (χ0v) is 15.1. The maximum Gasteiger partial charge on any atom is 0.337 e. The number of phenolic OH excluding ortho intramolecular Hbond substituents is 1. The number of rotatable bonds is 5. The predicted octanol–water partition coefficient (Wildman–Crippen LogP) is 4.52. The molecule has 0 radical (unpaired) electrons. The molecular formula is C22H18N2O4. The fourth-order valence-electron chi connectivity index (χ4n) is 3.16. The molecule has 0 saturated heterocycles. The quantitative estimate of drug-likeness (QED) is 0.500. The van der Waals surface area contributed by atoms with Gasteiger partial charge in [-0.15, -0.1) is 0 Å². The van der Waals surface area contributed by atoms with Crippen molar-refractivity contribution in [2.75, 3.05) is 12.4 Å². The first-order valence-corrected chi connectivity index (χ1v) is 8.72. The van der Waals surface area contributed by atoms with Crippen molar-refractivity contribution in [1.29, 1.82) is 0 Å². The van der Waals surface area contributed by atoms with E-state index >= 15 is 0 Å². The van der Waals surface area contributed by atoms with Crippen molar-refractivity contribution in [2.45, 2.75) is 6.04 Å². The second-order valence-electron chi connectivity index (χ2n) is 6.24. The minimum atomic E-state index is -0.477. The van der Waals surface area contributed by atoms with Gasteiger partial charge in [0.1, 0.15) is 23.1 Å². The van der Waals surface area contributed by atoms with Gasteiger partial charge in [-0.1, -0.05) is 24.3 Å². The molecule has 1 atom stereocenters. The Balaban J connectivity index is 1.78. The smallest absolute Gasteiger partial charge is 0.337 e. The van der Waals surface area contributed by atoms with Gasteiger partial charge in [0.15, 0.2) is 0 Å². The van der Waals surface area contributed by atoms with Crippen molar-refractivity contribution in [2.24, 2.45) is 0 Å². The molecule has 6 heteroatoms. The van der Waals surface area contributed by atoms with Crippen molar-refractivity contribution >= 4 is 22.6 Å². The van der Waals surface area contributed by atoms with Crippen LogP contribution in [0.1, 0.15) is 27.7 Å². The lowest BCUT2D eigenvalue weighted by Crippen LogP contribution is -2.13. The van der Waals surface area contributed by atoms with E-state index in [1.54, 1.807) is 36.7 Å². The molecule has 4 rings (SSSR count). The summed E-state index contributed by atoms with van der Waals surface area (Å²) in [6.45, 7) is 0. The van der Waals surface area contributed by atoms with E-state index in [2.05, 4.69) is 10.3 Å². The first kappa shape index (κ1) is 17.6. The van der Waals surface area contributed by atoms with Crippen LogP contribution < -0.4 is 5.32 Å². The lowest BCUT2D eigenvalue weighted by molar-refractivity contribution is 0.0601. The van der Waals surface area contributed by atoms with E-state index in [1.807, 2.05) is 36.4 Å². The summed E-state index contributed by atoms with van der Waals surface area (Å²) >= 11 is 0. The number of aromatic nitrogens is 1. The first-order chi connectivity index (χ1) is 13.7. The third-order valence-corrected chi connectivity index (χ3v) is 4.51. The molecule has 0 fully saturated rings. The Morgan fingerprint density at radius 2 is 2.04 bits per heavy atom. The number of fused-ring (bicyclic) bond motifs is 1. The molecule has 6 nitrogen and oxygen atoms in total. The molecule has 2 N–H and O–H groups in total. The van der Waals surface area contributed by atoms with Gasteiger partial charge in [-0.2, -0.15) is 0 Å². The SMILES string of the molecule is COC(=O)c1cccc(NC(c2ccco2)c2ccc3cccnc3c2O)c1. The Kier molecular flexibility index (Phi) is 4.68. The molecule has 0 aliphatic rings. The lowest BCUT2D eigenvalue weighted by Gasteiger charge is -2.20. The molecule has 0 amide bonds. The van der Waals surface area contributed by atoms with Gasteiger partial charge in [-0.05, 0) is 36.4 Å². The fourth-order valence-corrected chi connectivity index (χ4v) is 3.16. The number of carbonyl (C=O) groups excluding carboxylic acids is 1. The van der Waals surface area contributed by atoms with Crippen LogP contribution in [0.5, 0.6) is 5.75 Å². The summed E-state index contributed by atoms with van der Waals surface area (Å²) in [5.74, 6) is 0.279. The molecule has 0 aliphatic carbocycles. The zero-order valence-electron chi connectivity index (χ0n) is 15.1. The van der Waals surface area contributed by atoms with Gasteiger partial charge in [0.05, 0.1) is 18.9 Å². The number of aromatic hydroxyl groups is 1. The van der Waals surface area contributed by atoms with E-state index in [4.69, 9.17) is 9.15 Å². The van der Waals surface area contributed by atoms with Crippen molar-refractivity contribution in [3.05, 3.63) is 90.0 Å². The molecule has 4 aromatic rings. The van der Waals surface area contributed by atoms with Crippen LogP contribution in [0.4, 0.5) is 5.69 Å². The Hall–Kier alpha value is -3.80. The third-order valence-electron chi connectivity index (χ3n) is 4.51. The van der Waals surface area contributed by atoms with Crippen LogP contribution in [-0.2, 0) is 4.74 Å². The minimum absolute atomic E-state index is 0.0797. The third kappa shape index (κ3) is 3.27. The molecule has 2 aromatic heterocycles. The number of carbonyl (C=O) groups is 1. The van der Waals surface area contributed by atoms with E-state index in [9.17, 15) is 9.90 Å². The van der Waals surface area contributed by atoms with Crippen LogP contribution in [-0.4, -0.2) is 23.2 Å². The highest BCUT2D eigenvalue weighted by molar-refractivity contribution is 5.90. The molecule has 1 unspecified atom stereocenters. The van der Waals surface area contributed by atoms with Crippen molar-refractivity contribution in [3.63, 3.8) is 0 Å². The topological polar surface area (TPSA) is 84.6 Å². The van der Waals surface area contributed by atoms with Gasteiger partial charge in [0.2, 0.25) is 0 Å². The van der Waals surface area contributed by atoms with Gasteiger partial charge >= 0.3 is 5.97 Å². The van der Waals surface area contributed by atoms with Crippen LogP contribution >= 0.6 is 0 Å². The van der Waals surface area contributed by atoms with Crippen LogP contribution in [0.3, 0.4) is 0 Å². The summed E-state index contributed by atoms with van der Waals surface area (Å²) in [7, 11) is 1.34. The average molecular weight is 374 g/mol. The summed E-state index contributed by atoms with van der Waals surface area (Å²) in [6.07, 6.45) is 3.21. The highest BCUT2D eigenvalue weighted by Gasteiger charge is 2.22. The standard InChI is InChI=1S/C22H18N2O4/c1-27-22(26)15-5-2-7-16(13-15)24-20(18-8-4-12-28-18)17-10-9-14-6-3-11-23-19(14)21(17)25/h2-13,20,24-25H,1H3. The first-order valence-electron chi connectivity index (χ1n) is 8.72. The number of methoxy groups -OCH3 is 1. The van der Waals surface area contributed by atoms with Crippen molar-refractivity contribution < 1.29 is 19.1 Å². The van der Waals surface area contributed by atoms with Crippen LogP contribution in [0, 0.1) is 0 Å². The van der Waals surface area contributed by atoms with Crippen LogP contribution in [0.15, 0.2) is 77.5 Å². The molecule has 0 saturated carbocycles. The largest absolute Gasteiger partial charge is 0.505 e. The van der Waals surface area contributed by atoms with Crippen LogP contribution in [0.25, 0.3) is 10.9 Å². The monoisotopic (exact) mass is 374 g/mol. The summed E-state index contributed by atoms with van der Waals surface area (Å²) in [5.41, 5.74) is 2.24. The summed E-state index contributed by atoms with van der Waals surface area (Å²) in [5, 5.41) is 15.0. The molecule has 140 valence electrons. The second kappa shape index (κ2) is 7.44. The summed E-state index contributed by atoms with van der Waals surface area (Å²) < 4.78 is 10.4. The minimum Gasteiger partial charge on any atom is -0.505 e. The number of hydrogen-bond acceptors (Lipinski definition) is 6. The van der Waals surface area contributed by atoms with Gasteiger partial charge in [0.25, 0.3) is 0 Å². The number of anilines is 1. The van der Waals surface area contributed by atoms with E-state index in [1.165, 1.54) is 7.11 Å². The van der Waals surface area contributed by atoms with Gasteiger partial charge in [-0.25, -0.2) is 4.79 Å². The lowest BCUT2D eigenvalue weighted by atomic mass is 10.00.